The summed E-state index contributed by atoms with van der Waals surface area (Å²) >= 11 is 0. The van der Waals surface area contributed by atoms with Crippen LogP contribution in [0.15, 0.2) is 18.5 Å². The van der Waals surface area contributed by atoms with E-state index in [-0.39, 0.29) is 16.9 Å². The summed E-state index contributed by atoms with van der Waals surface area (Å²) in [5, 5.41) is 12.8. The lowest BCUT2D eigenvalue weighted by atomic mass is 10.2. The van der Waals surface area contributed by atoms with Crippen LogP contribution in [0.5, 0.6) is 0 Å². The molecule has 0 spiro atoms. The molecule has 0 radical (unpaired) electrons. The number of halogens is 1. The number of aromatic nitrogens is 3. The molecule has 0 fully saturated rings. The third kappa shape index (κ3) is 1.97. The molecule has 0 saturated carbocycles. The van der Waals surface area contributed by atoms with Gasteiger partial charge in [-0.1, -0.05) is 0 Å². The van der Waals surface area contributed by atoms with E-state index in [2.05, 4.69) is 10.1 Å². The van der Waals surface area contributed by atoms with E-state index in [1.165, 1.54) is 23.9 Å². The maximum absolute atomic E-state index is 13.1. The minimum atomic E-state index is -1.11. The van der Waals surface area contributed by atoms with Crippen LogP contribution in [0, 0.1) is 12.7 Å². The molecule has 0 saturated heterocycles. The topological polar surface area (TPSA) is 85.1 Å². The zero-order valence-corrected chi connectivity index (χ0v) is 9.29. The lowest BCUT2D eigenvalue weighted by molar-refractivity contribution is 0.0696. The molecule has 0 aliphatic carbocycles. The van der Waals surface area contributed by atoms with Crippen molar-refractivity contribution in [3.63, 3.8) is 0 Å². The predicted molar refractivity (Wildman–Crippen MR) is 58.4 cm³/mol. The van der Waals surface area contributed by atoms with Crippen LogP contribution in [0.25, 0.3) is 5.82 Å². The van der Waals surface area contributed by atoms with Crippen molar-refractivity contribution in [1.82, 2.24) is 14.8 Å². The van der Waals surface area contributed by atoms with Crippen LogP contribution >= 0.6 is 0 Å². The van der Waals surface area contributed by atoms with Crippen molar-refractivity contribution in [3.8, 4) is 5.82 Å². The number of pyridine rings is 1. The van der Waals surface area contributed by atoms with Gasteiger partial charge in [-0.15, -0.1) is 0 Å². The number of aldehydes is 1. The van der Waals surface area contributed by atoms with Crippen LogP contribution in [0.4, 0.5) is 4.39 Å². The molecule has 0 bridgehead atoms. The van der Waals surface area contributed by atoms with Crippen molar-refractivity contribution in [2.75, 3.05) is 0 Å². The molecule has 0 atom stereocenters. The molecule has 18 heavy (non-hydrogen) atoms. The van der Waals surface area contributed by atoms with Crippen LogP contribution in [-0.4, -0.2) is 32.1 Å². The number of rotatable bonds is 3. The van der Waals surface area contributed by atoms with E-state index in [0.717, 1.165) is 6.20 Å². The van der Waals surface area contributed by atoms with E-state index in [4.69, 9.17) is 5.11 Å². The lowest BCUT2D eigenvalue weighted by Gasteiger charge is -2.01. The molecule has 0 aromatic carbocycles. The summed E-state index contributed by atoms with van der Waals surface area (Å²) in [4.78, 5) is 25.2. The van der Waals surface area contributed by atoms with Crippen molar-refractivity contribution in [1.29, 1.82) is 0 Å². The van der Waals surface area contributed by atoms with Crippen LogP contribution in [0.3, 0.4) is 0 Å². The Morgan fingerprint density at radius 1 is 1.56 bits per heavy atom. The fourth-order valence-electron chi connectivity index (χ4n) is 1.45. The van der Waals surface area contributed by atoms with Gasteiger partial charge in [0.15, 0.2) is 17.9 Å². The molecule has 2 rings (SSSR count). The highest BCUT2D eigenvalue weighted by atomic mass is 19.1. The minimum absolute atomic E-state index is 0.0220. The molecule has 0 unspecified atom stereocenters. The van der Waals surface area contributed by atoms with Crippen LogP contribution in [-0.2, 0) is 0 Å². The Bertz CT molecular complexity index is 636. The highest BCUT2D eigenvalue weighted by Crippen LogP contribution is 2.12. The molecule has 0 amide bonds. The van der Waals surface area contributed by atoms with Gasteiger partial charge >= 0.3 is 5.97 Å². The van der Waals surface area contributed by atoms with Gasteiger partial charge in [0.1, 0.15) is 5.56 Å². The molecule has 0 aliphatic heterocycles. The number of aryl methyl sites for hydroxylation is 1. The first-order valence-corrected chi connectivity index (χ1v) is 4.93. The van der Waals surface area contributed by atoms with E-state index in [1.54, 1.807) is 0 Å². The Morgan fingerprint density at radius 2 is 2.28 bits per heavy atom. The monoisotopic (exact) mass is 249 g/mol. The Morgan fingerprint density at radius 3 is 2.83 bits per heavy atom. The number of carboxylic acid groups (broad SMARTS) is 1. The van der Waals surface area contributed by atoms with E-state index >= 15 is 0 Å². The van der Waals surface area contributed by atoms with Gasteiger partial charge in [0, 0.05) is 6.20 Å². The molecule has 0 aliphatic rings. The van der Waals surface area contributed by atoms with Crippen molar-refractivity contribution in [2.45, 2.75) is 6.92 Å². The van der Waals surface area contributed by atoms with Gasteiger partial charge < -0.3 is 5.11 Å². The van der Waals surface area contributed by atoms with Crippen molar-refractivity contribution >= 4 is 12.3 Å². The first-order chi connectivity index (χ1) is 8.52. The van der Waals surface area contributed by atoms with Crippen LogP contribution < -0.4 is 0 Å². The SMILES string of the molecule is Cc1nn(-c2cc(C=O)c(F)cn2)cc1C(=O)O. The normalized spacial score (nSPS) is 10.3. The second-order valence-electron chi connectivity index (χ2n) is 3.56. The number of carbonyl (C=O) groups is 2. The van der Waals surface area contributed by atoms with Crippen molar-refractivity contribution < 1.29 is 19.1 Å². The average Bonchev–Trinajstić information content (AvgIpc) is 2.72. The summed E-state index contributed by atoms with van der Waals surface area (Å²) in [7, 11) is 0. The zero-order chi connectivity index (χ0) is 13.3. The van der Waals surface area contributed by atoms with Gasteiger partial charge in [-0.3, -0.25) is 4.79 Å². The molecular weight excluding hydrogens is 241 g/mol. The van der Waals surface area contributed by atoms with Gasteiger partial charge in [0.05, 0.1) is 17.5 Å². The van der Waals surface area contributed by atoms with Crippen LogP contribution in [0.1, 0.15) is 26.4 Å². The summed E-state index contributed by atoms with van der Waals surface area (Å²) in [6, 6.07) is 1.19. The third-order valence-corrected chi connectivity index (χ3v) is 2.36. The number of hydrogen-bond donors (Lipinski definition) is 1. The first kappa shape index (κ1) is 11.9. The number of carbonyl (C=O) groups excluding carboxylic acids is 1. The summed E-state index contributed by atoms with van der Waals surface area (Å²) < 4.78 is 14.3. The standard InChI is InChI=1S/C11H8FN3O3/c1-6-8(11(17)18)4-15(14-6)10-2-7(5-16)9(12)3-13-10/h2-5H,1H3,(H,17,18). The quantitative estimate of drug-likeness (QED) is 0.827. The Hall–Kier alpha value is -2.57. The summed E-state index contributed by atoms with van der Waals surface area (Å²) in [5.41, 5.74) is 0.167. The predicted octanol–water partition coefficient (Wildman–Crippen LogP) is 1.23. The Balaban J connectivity index is 2.52. The number of hydrogen-bond acceptors (Lipinski definition) is 4. The van der Waals surface area contributed by atoms with Gasteiger partial charge in [-0.05, 0) is 13.0 Å². The molecule has 7 heteroatoms. The maximum Gasteiger partial charge on any atom is 0.339 e. The fraction of sp³-hybridized carbons (Fsp3) is 0.0909. The summed E-state index contributed by atoms with van der Waals surface area (Å²) in [5.74, 6) is -1.68. The second kappa shape index (κ2) is 4.36. The largest absolute Gasteiger partial charge is 0.478 e. The molecule has 2 aromatic rings. The first-order valence-electron chi connectivity index (χ1n) is 4.93. The Kier molecular flexibility index (Phi) is 2.88. The van der Waals surface area contributed by atoms with Gasteiger partial charge in [-0.2, -0.15) is 5.10 Å². The maximum atomic E-state index is 13.1. The highest BCUT2D eigenvalue weighted by molar-refractivity contribution is 5.88. The summed E-state index contributed by atoms with van der Waals surface area (Å²) in [6.07, 6.45) is 2.50. The number of carboxylic acids is 1. The van der Waals surface area contributed by atoms with Gasteiger partial charge in [0.25, 0.3) is 0 Å². The average molecular weight is 249 g/mol. The number of aromatic carboxylic acids is 1. The second-order valence-corrected chi connectivity index (χ2v) is 3.56. The Labute approximate surface area is 101 Å². The molecule has 2 heterocycles. The fourth-order valence-corrected chi connectivity index (χ4v) is 1.45. The summed E-state index contributed by atoms with van der Waals surface area (Å²) in [6.45, 7) is 1.53. The van der Waals surface area contributed by atoms with E-state index in [9.17, 15) is 14.0 Å². The molecule has 92 valence electrons. The van der Waals surface area contributed by atoms with Gasteiger partial charge in [-0.25, -0.2) is 18.9 Å². The minimum Gasteiger partial charge on any atom is -0.478 e. The van der Waals surface area contributed by atoms with E-state index < -0.39 is 11.8 Å². The van der Waals surface area contributed by atoms with Crippen molar-refractivity contribution in [2.24, 2.45) is 0 Å². The van der Waals surface area contributed by atoms with Gasteiger partial charge in [0.2, 0.25) is 0 Å². The van der Waals surface area contributed by atoms with Crippen molar-refractivity contribution in [3.05, 3.63) is 41.1 Å². The molecule has 2 aromatic heterocycles. The number of nitrogens with zero attached hydrogens (tertiary/aromatic N) is 3. The third-order valence-electron chi connectivity index (χ3n) is 2.36. The smallest absolute Gasteiger partial charge is 0.339 e. The molecular formula is C11H8FN3O3. The highest BCUT2D eigenvalue weighted by Gasteiger charge is 2.14. The van der Waals surface area contributed by atoms with E-state index in [0.29, 0.717) is 12.0 Å². The zero-order valence-electron chi connectivity index (χ0n) is 9.29. The molecule has 6 nitrogen and oxygen atoms in total. The van der Waals surface area contributed by atoms with Crippen LogP contribution in [0.2, 0.25) is 0 Å². The molecule has 1 N–H and O–H groups in total. The lowest BCUT2D eigenvalue weighted by Crippen LogP contribution is -2.01. The van der Waals surface area contributed by atoms with E-state index in [1.807, 2.05) is 0 Å².